The summed E-state index contributed by atoms with van der Waals surface area (Å²) in [4.78, 5) is 26.6. The second-order valence-corrected chi connectivity index (χ2v) is 7.81. The maximum absolute atomic E-state index is 12.3. The molecule has 1 N–H and O–H groups in total. The zero-order chi connectivity index (χ0) is 22.2. The highest BCUT2D eigenvalue weighted by molar-refractivity contribution is 5.91. The van der Waals surface area contributed by atoms with E-state index < -0.39 is 5.97 Å². The van der Waals surface area contributed by atoms with E-state index in [1.165, 1.54) is 0 Å². The zero-order valence-electron chi connectivity index (χ0n) is 18.3. The Morgan fingerprint density at radius 2 is 1.74 bits per heavy atom. The molecule has 0 aliphatic carbocycles. The van der Waals surface area contributed by atoms with E-state index in [4.69, 9.17) is 14.2 Å². The molecule has 7 nitrogen and oxygen atoms in total. The highest BCUT2D eigenvalue weighted by Gasteiger charge is 2.22. The SMILES string of the molecule is COc1ccccc1CNC(=O)COC(=O)c1ccc(CN2CC(C)OC(C)C2)cc1. The predicted molar refractivity (Wildman–Crippen MR) is 117 cm³/mol. The number of amides is 1. The third kappa shape index (κ3) is 6.80. The van der Waals surface area contributed by atoms with Crippen LogP contribution in [0.5, 0.6) is 5.75 Å². The van der Waals surface area contributed by atoms with E-state index in [1.54, 1.807) is 19.2 Å². The number of para-hydroxylation sites is 1. The molecule has 31 heavy (non-hydrogen) atoms. The van der Waals surface area contributed by atoms with Crippen LogP contribution in [0.25, 0.3) is 0 Å². The number of ether oxygens (including phenoxy) is 3. The van der Waals surface area contributed by atoms with E-state index in [2.05, 4.69) is 24.1 Å². The van der Waals surface area contributed by atoms with Crippen molar-refractivity contribution in [1.29, 1.82) is 0 Å². The van der Waals surface area contributed by atoms with Gasteiger partial charge in [0.2, 0.25) is 0 Å². The fourth-order valence-corrected chi connectivity index (χ4v) is 3.73. The van der Waals surface area contributed by atoms with Gasteiger partial charge in [0.05, 0.1) is 24.9 Å². The van der Waals surface area contributed by atoms with Crippen LogP contribution in [-0.2, 0) is 27.4 Å². The van der Waals surface area contributed by atoms with Crippen molar-refractivity contribution in [2.24, 2.45) is 0 Å². The molecule has 1 amide bonds. The lowest BCUT2D eigenvalue weighted by molar-refractivity contribution is -0.124. The van der Waals surface area contributed by atoms with Crippen LogP contribution >= 0.6 is 0 Å². The van der Waals surface area contributed by atoms with E-state index >= 15 is 0 Å². The third-order valence-electron chi connectivity index (χ3n) is 5.09. The van der Waals surface area contributed by atoms with Gasteiger partial charge in [0.25, 0.3) is 5.91 Å². The lowest BCUT2D eigenvalue weighted by Crippen LogP contribution is -2.44. The number of benzene rings is 2. The summed E-state index contributed by atoms with van der Waals surface area (Å²) in [5, 5.41) is 2.73. The molecule has 0 spiro atoms. The van der Waals surface area contributed by atoms with Crippen molar-refractivity contribution in [3.8, 4) is 5.75 Å². The minimum absolute atomic E-state index is 0.215. The van der Waals surface area contributed by atoms with Crippen molar-refractivity contribution in [3.63, 3.8) is 0 Å². The van der Waals surface area contributed by atoms with Crippen molar-refractivity contribution in [2.45, 2.75) is 39.1 Å². The number of morpholine rings is 1. The molecule has 0 aromatic heterocycles. The predicted octanol–water partition coefficient (Wildman–Crippen LogP) is 2.78. The van der Waals surface area contributed by atoms with E-state index in [0.29, 0.717) is 17.9 Å². The number of nitrogens with one attached hydrogen (secondary N) is 1. The van der Waals surface area contributed by atoms with Gasteiger partial charge in [-0.05, 0) is 37.6 Å². The Labute approximate surface area is 183 Å². The minimum atomic E-state index is -0.521. The molecule has 1 aliphatic heterocycles. The van der Waals surface area contributed by atoms with E-state index in [9.17, 15) is 9.59 Å². The van der Waals surface area contributed by atoms with Crippen LogP contribution < -0.4 is 10.1 Å². The van der Waals surface area contributed by atoms with Crippen LogP contribution in [0.2, 0.25) is 0 Å². The third-order valence-corrected chi connectivity index (χ3v) is 5.09. The van der Waals surface area contributed by atoms with Crippen LogP contribution in [-0.4, -0.2) is 55.8 Å². The van der Waals surface area contributed by atoms with Gasteiger partial charge in [-0.2, -0.15) is 0 Å². The average Bonchev–Trinajstić information content (AvgIpc) is 2.76. The Bertz CT molecular complexity index is 874. The van der Waals surface area contributed by atoms with E-state index in [1.807, 2.05) is 36.4 Å². The molecule has 1 fully saturated rings. The molecule has 0 bridgehead atoms. The summed E-state index contributed by atoms with van der Waals surface area (Å²) in [6, 6.07) is 14.7. The van der Waals surface area contributed by atoms with Crippen molar-refractivity contribution in [2.75, 3.05) is 26.8 Å². The molecular weight excluding hydrogens is 396 g/mol. The summed E-state index contributed by atoms with van der Waals surface area (Å²) in [6.45, 7) is 6.70. The van der Waals surface area contributed by atoms with Crippen LogP contribution in [0.15, 0.2) is 48.5 Å². The first kappa shape index (κ1) is 22.8. The summed E-state index contributed by atoms with van der Waals surface area (Å²) in [5.74, 6) is -0.195. The smallest absolute Gasteiger partial charge is 0.338 e. The van der Waals surface area contributed by atoms with Gasteiger partial charge < -0.3 is 19.5 Å². The van der Waals surface area contributed by atoms with Gasteiger partial charge in [-0.15, -0.1) is 0 Å². The molecule has 7 heteroatoms. The highest BCUT2D eigenvalue weighted by atomic mass is 16.5. The topological polar surface area (TPSA) is 77.1 Å². The Kier molecular flexibility index (Phi) is 8.03. The first-order valence-corrected chi connectivity index (χ1v) is 10.5. The summed E-state index contributed by atoms with van der Waals surface area (Å²) in [6.07, 6.45) is 0.430. The summed E-state index contributed by atoms with van der Waals surface area (Å²) in [7, 11) is 1.58. The van der Waals surface area contributed by atoms with E-state index in [-0.39, 0.29) is 24.7 Å². The largest absolute Gasteiger partial charge is 0.496 e. The lowest BCUT2D eigenvalue weighted by Gasteiger charge is -2.35. The van der Waals surface area contributed by atoms with Crippen LogP contribution in [0, 0.1) is 0 Å². The second-order valence-electron chi connectivity index (χ2n) is 7.81. The van der Waals surface area contributed by atoms with Crippen molar-refractivity contribution < 1.29 is 23.8 Å². The number of esters is 1. The summed E-state index contributed by atoms with van der Waals surface area (Å²) >= 11 is 0. The Hall–Kier alpha value is -2.90. The number of nitrogens with zero attached hydrogens (tertiary/aromatic N) is 1. The molecule has 3 rings (SSSR count). The molecule has 0 saturated carbocycles. The van der Waals surface area contributed by atoms with Gasteiger partial charge in [-0.3, -0.25) is 9.69 Å². The highest BCUT2D eigenvalue weighted by Crippen LogP contribution is 2.17. The first-order valence-electron chi connectivity index (χ1n) is 10.5. The number of carbonyl (C=O) groups is 2. The van der Waals surface area contributed by atoms with Crippen LogP contribution in [0.3, 0.4) is 0 Å². The molecular formula is C24H30N2O5. The molecule has 2 aromatic carbocycles. The monoisotopic (exact) mass is 426 g/mol. The van der Waals surface area contributed by atoms with Gasteiger partial charge in [-0.25, -0.2) is 4.79 Å². The Balaban J connectivity index is 1.44. The molecule has 1 saturated heterocycles. The zero-order valence-corrected chi connectivity index (χ0v) is 18.3. The van der Waals surface area contributed by atoms with Gasteiger partial charge >= 0.3 is 5.97 Å². The Morgan fingerprint density at radius 1 is 1.06 bits per heavy atom. The van der Waals surface area contributed by atoms with E-state index in [0.717, 1.165) is 30.8 Å². The summed E-state index contributed by atoms with van der Waals surface area (Å²) in [5.41, 5.74) is 2.39. The van der Waals surface area contributed by atoms with Crippen molar-refractivity contribution in [1.82, 2.24) is 10.2 Å². The summed E-state index contributed by atoms with van der Waals surface area (Å²) < 4.78 is 16.2. The fraction of sp³-hybridized carbons (Fsp3) is 0.417. The molecule has 2 aromatic rings. The van der Waals surface area contributed by atoms with Crippen LogP contribution in [0.1, 0.15) is 35.3 Å². The molecule has 2 atom stereocenters. The van der Waals surface area contributed by atoms with Gasteiger partial charge in [-0.1, -0.05) is 30.3 Å². The number of hydrogen-bond donors (Lipinski definition) is 1. The Morgan fingerprint density at radius 3 is 2.42 bits per heavy atom. The second kappa shape index (κ2) is 10.9. The normalized spacial score (nSPS) is 18.9. The van der Waals surface area contributed by atoms with Crippen molar-refractivity contribution >= 4 is 11.9 Å². The number of hydrogen-bond acceptors (Lipinski definition) is 6. The maximum atomic E-state index is 12.3. The average molecular weight is 427 g/mol. The van der Waals surface area contributed by atoms with Gasteiger partial charge in [0, 0.05) is 31.7 Å². The quantitative estimate of drug-likeness (QED) is 0.654. The number of methoxy groups -OCH3 is 1. The molecule has 166 valence electrons. The molecule has 1 aliphatic rings. The lowest BCUT2D eigenvalue weighted by atomic mass is 10.1. The molecule has 0 radical (unpaired) electrons. The number of rotatable bonds is 8. The van der Waals surface area contributed by atoms with Gasteiger partial charge in [0.15, 0.2) is 6.61 Å². The van der Waals surface area contributed by atoms with Crippen LogP contribution in [0.4, 0.5) is 0 Å². The molecule has 2 unspecified atom stereocenters. The van der Waals surface area contributed by atoms with Gasteiger partial charge in [0.1, 0.15) is 5.75 Å². The minimum Gasteiger partial charge on any atom is -0.496 e. The number of carbonyl (C=O) groups excluding carboxylic acids is 2. The standard InChI is InChI=1S/C24H30N2O5/c1-17-13-26(14-18(2)31-17)15-19-8-10-20(11-9-19)24(28)30-16-23(27)25-12-21-6-4-5-7-22(21)29-3/h4-11,17-18H,12-16H2,1-3H3,(H,25,27). The van der Waals surface area contributed by atoms with Crippen molar-refractivity contribution in [3.05, 3.63) is 65.2 Å². The first-order chi connectivity index (χ1) is 14.9. The maximum Gasteiger partial charge on any atom is 0.338 e. The molecule has 1 heterocycles. The fourth-order valence-electron chi connectivity index (χ4n) is 3.73.